The lowest BCUT2D eigenvalue weighted by Gasteiger charge is -2.30. The molecular formula is C31H46N6O4. The number of hydrogen-bond acceptors (Lipinski definition) is 7. The summed E-state index contributed by atoms with van der Waals surface area (Å²) in [6.45, 7) is 5.36. The number of piperidine rings is 1. The Kier molecular flexibility index (Phi) is 12.1. The molecule has 1 aromatic heterocycles. The molecule has 10 nitrogen and oxygen atoms in total. The lowest BCUT2D eigenvalue weighted by Crippen LogP contribution is -2.52. The number of likely N-dealkylation sites (tertiary alicyclic amines) is 1. The standard InChI is InChI=1S/C31H46N6O4/c1-36-19-14-26(15-20-36)34-31(40)35-28(30(38)39)16-21-37(22-23-41-27-10-3-2-4-11-27)18-6-5-9-25-13-12-24-8-7-17-32-29(24)33-25/h2-4,10-13,26,28H,5-9,14-23H2,1H3,(H,32,33)(H,38,39)(H2,34,35,40)/t28-/m0/s1. The molecule has 2 aromatic rings. The van der Waals surface area contributed by atoms with Gasteiger partial charge in [-0.15, -0.1) is 0 Å². The number of urea groups is 1. The van der Waals surface area contributed by atoms with Crippen molar-refractivity contribution in [2.24, 2.45) is 0 Å². The predicted molar refractivity (Wildman–Crippen MR) is 161 cm³/mol. The van der Waals surface area contributed by atoms with Gasteiger partial charge in [0.05, 0.1) is 0 Å². The summed E-state index contributed by atoms with van der Waals surface area (Å²) in [5.41, 5.74) is 2.40. The van der Waals surface area contributed by atoms with Crippen LogP contribution in [0.4, 0.5) is 10.6 Å². The number of carbonyl (C=O) groups excluding carboxylic acids is 1. The van der Waals surface area contributed by atoms with E-state index >= 15 is 0 Å². The minimum atomic E-state index is -1.02. The number of para-hydroxylation sites is 1. The maximum atomic E-state index is 12.6. The Labute approximate surface area is 243 Å². The van der Waals surface area contributed by atoms with Crippen LogP contribution in [-0.2, 0) is 17.6 Å². The fourth-order valence-electron chi connectivity index (χ4n) is 5.40. The van der Waals surface area contributed by atoms with Crippen LogP contribution in [0, 0.1) is 0 Å². The van der Waals surface area contributed by atoms with Gasteiger partial charge in [0.2, 0.25) is 0 Å². The van der Waals surface area contributed by atoms with E-state index in [-0.39, 0.29) is 6.04 Å². The molecule has 1 aromatic carbocycles. The van der Waals surface area contributed by atoms with Crippen LogP contribution in [0.1, 0.15) is 49.8 Å². The zero-order chi connectivity index (χ0) is 28.9. The first-order valence-electron chi connectivity index (χ1n) is 15.1. The number of carboxylic acid groups (broad SMARTS) is 1. The van der Waals surface area contributed by atoms with E-state index in [0.717, 1.165) is 88.4 Å². The van der Waals surface area contributed by atoms with Gasteiger partial charge in [0.25, 0.3) is 0 Å². The molecule has 0 aliphatic carbocycles. The van der Waals surface area contributed by atoms with Crippen molar-refractivity contribution in [2.75, 3.05) is 58.2 Å². The van der Waals surface area contributed by atoms with Crippen molar-refractivity contribution in [3.8, 4) is 5.75 Å². The molecule has 1 atom stereocenters. The number of aryl methyl sites for hydroxylation is 2. The van der Waals surface area contributed by atoms with Gasteiger partial charge >= 0.3 is 12.0 Å². The van der Waals surface area contributed by atoms with Crippen molar-refractivity contribution in [3.63, 3.8) is 0 Å². The van der Waals surface area contributed by atoms with Gasteiger partial charge in [-0.05, 0) is 102 Å². The van der Waals surface area contributed by atoms with Crippen LogP contribution in [0.15, 0.2) is 42.5 Å². The summed E-state index contributed by atoms with van der Waals surface area (Å²) in [7, 11) is 2.07. The molecule has 3 heterocycles. The van der Waals surface area contributed by atoms with E-state index in [2.05, 4.69) is 44.9 Å². The summed E-state index contributed by atoms with van der Waals surface area (Å²) < 4.78 is 5.92. The number of carboxylic acids is 1. The van der Waals surface area contributed by atoms with Gasteiger partial charge in [-0.25, -0.2) is 14.6 Å². The summed E-state index contributed by atoms with van der Waals surface area (Å²) in [6.07, 6.45) is 7.14. The van der Waals surface area contributed by atoms with E-state index in [9.17, 15) is 14.7 Å². The lowest BCUT2D eigenvalue weighted by molar-refractivity contribution is -0.139. The maximum Gasteiger partial charge on any atom is 0.326 e. The average Bonchev–Trinajstić information content (AvgIpc) is 2.98. The summed E-state index contributed by atoms with van der Waals surface area (Å²) in [6, 6.07) is 12.7. The number of ether oxygens (including phenoxy) is 1. The third-order valence-corrected chi connectivity index (χ3v) is 7.92. The largest absolute Gasteiger partial charge is 0.492 e. The van der Waals surface area contributed by atoms with Crippen LogP contribution in [0.3, 0.4) is 0 Å². The van der Waals surface area contributed by atoms with Crippen LogP contribution < -0.4 is 20.7 Å². The molecule has 41 heavy (non-hydrogen) atoms. The number of carbonyl (C=O) groups is 2. The quantitative estimate of drug-likeness (QED) is 0.242. The molecule has 0 unspecified atom stereocenters. The number of aliphatic carboxylic acids is 1. The zero-order valence-corrected chi connectivity index (χ0v) is 24.3. The van der Waals surface area contributed by atoms with Gasteiger partial charge in [-0.3, -0.25) is 4.90 Å². The lowest BCUT2D eigenvalue weighted by atomic mass is 10.1. The molecule has 4 N–H and O–H groups in total. The number of fused-ring (bicyclic) bond motifs is 1. The van der Waals surface area contributed by atoms with Crippen molar-refractivity contribution in [1.82, 2.24) is 25.4 Å². The normalized spacial score (nSPS) is 16.4. The summed E-state index contributed by atoms with van der Waals surface area (Å²) in [4.78, 5) is 33.8. The van der Waals surface area contributed by atoms with Gasteiger partial charge in [0, 0.05) is 31.4 Å². The van der Waals surface area contributed by atoms with Crippen LogP contribution in [-0.4, -0.2) is 96.9 Å². The van der Waals surface area contributed by atoms with Gasteiger partial charge in [0.1, 0.15) is 24.2 Å². The molecule has 224 valence electrons. The van der Waals surface area contributed by atoms with Crippen LogP contribution in [0.2, 0.25) is 0 Å². The minimum Gasteiger partial charge on any atom is -0.492 e. The Balaban J connectivity index is 1.25. The van der Waals surface area contributed by atoms with Crippen molar-refractivity contribution in [2.45, 2.75) is 63.5 Å². The number of benzene rings is 1. The van der Waals surface area contributed by atoms with Crippen molar-refractivity contribution in [1.29, 1.82) is 0 Å². The fourth-order valence-corrected chi connectivity index (χ4v) is 5.40. The Morgan fingerprint density at radius 3 is 2.71 bits per heavy atom. The van der Waals surface area contributed by atoms with Gasteiger partial charge in [-0.1, -0.05) is 24.3 Å². The van der Waals surface area contributed by atoms with E-state index in [1.54, 1.807) is 0 Å². The molecule has 0 radical (unpaired) electrons. The average molecular weight is 567 g/mol. The highest BCUT2D eigenvalue weighted by atomic mass is 16.5. The maximum absolute atomic E-state index is 12.6. The van der Waals surface area contributed by atoms with E-state index in [1.165, 1.54) is 5.56 Å². The highest BCUT2D eigenvalue weighted by molar-refractivity contribution is 5.82. The third-order valence-electron chi connectivity index (χ3n) is 7.92. The number of anilines is 1. The minimum absolute atomic E-state index is 0.0765. The molecule has 0 saturated carbocycles. The Morgan fingerprint density at radius 1 is 1.12 bits per heavy atom. The van der Waals surface area contributed by atoms with Gasteiger partial charge in [-0.2, -0.15) is 0 Å². The number of rotatable bonds is 15. The predicted octanol–water partition coefficient (Wildman–Crippen LogP) is 3.38. The highest BCUT2D eigenvalue weighted by Gasteiger charge is 2.24. The summed E-state index contributed by atoms with van der Waals surface area (Å²) >= 11 is 0. The number of amides is 2. The van der Waals surface area contributed by atoms with Crippen molar-refractivity contribution < 1.29 is 19.4 Å². The van der Waals surface area contributed by atoms with E-state index in [0.29, 0.717) is 26.1 Å². The molecule has 0 bridgehead atoms. The second-order valence-corrected chi connectivity index (χ2v) is 11.2. The molecular weight excluding hydrogens is 520 g/mol. The molecule has 0 spiro atoms. The molecule has 10 heteroatoms. The first-order chi connectivity index (χ1) is 20.0. The smallest absolute Gasteiger partial charge is 0.326 e. The second-order valence-electron chi connectivity index (χ2n) is 11.2. The molecule has 2 aliphatic heterocycles. The molecule has 2 aliphatic rings. The Morgan fingerprint density at radius 2 is 1.93 bits per heavy atom. The van der Waals surface area contributed by atoms with Gasteiger partial charge < -0.3 is 30.7 Å². The fraction of sp³-hybridized carbons (Fsp3) is 0.581. The number of pyridine rings is 1. The van der Waals surface area contributed by atoms with Crippen LogP contribution in [0.25, 0.3) is 0 Å². The van der Waals surface area contributed by atoms with Crippen LogP contribution in [0.5, 0.6) is 5.75 Å². The van der Waals surface area contributed by atoms with E-state index in [1.807, 2.05) is 30.3 Å². The monoisotopic (exact) mass is 566 g/mol. The second kappa shape index (κ2) is 16.2. The topological polar surface area (TPSA) is 119 Å². The van der Waals surface area contributed by atoms with Crippen LogP contribution >= 0.6 is 0 Å². The number of hydrogen-bond donors (Lipinski definition) is 4. The SMILES string of the molecule is CN1CCC(NC(=O)N[C@@H](CCN(CCCCc2ccc3c(n2)NCCC3)CCOc2ccccc2)C(=O)O)CC1. The number of aromatic nitrogens is 1. The van der Waals surface area contributed by atoms with E-state index in [4.69, 9.17) is 9.72 Å². The Hall–Kier alpha value is -3.37. The molecule has 1 saturated heterocycles. The molecule has 2 amide bonds. The Bertz CT molecular complexity index is 1090. The molecule has 4 rings (SSSR count). The number of unbranched alkanes of at least 4 members (excludes halogenated alkanes) is 1. The number of nitrogens with zero attached hydrogens (tertiary/aromatic N) is 3. The highest BCUT2D eigenvalue weighted by Crippen LogP contribution is 2.20. The number of nitrogens with one attached hydrogen (secondary N) is 3. The first kappa shape index (κ1) is 30.6. The zero-order valence-electron chi connectivity index (χ0n) is 24.3. The van der Waals surface area contributed by atoms with Crippen molar-refractivity contribution >= 4 is 17.8 Å². The van der Waals surface area contributed by atoms with Crippen molar-refractivity contribution in [3.05, 3.63) is 53.7 Å². The summed E-state index contributed by atoms with van der Waals surface area (Å²) in [5.74, 6) is 0.826. The van der Waals surface area contributed by atoms with E-state index < -0.39 is 18.0 Å². The first-order valence-corrected chi connectivity index (χ1v) is 15.1. The molecule has 1 fully saturated rings. The van der Waals surface area contributed by atoms with Gasteiger partial charge in [0.15, 0.2) is 0 Å². The summed E-state index contributed by atoms with van der Waals surface area (Å²) in [5, 5.41) is 18.9. The third kappa shape index (κ3) is 10.5.